The highest BCUT2D eigenvalue weighted by atomic mass is 19.1. The zero-order valence-electron chi connectivity index (χ0n) is 20.1. The fourth-order valence-corrected chi connectivity index (χ4v) is 4.83. The number of H-pyrrole nitrogens is 1. The summed E-state index contributed by atoms with van der Waals surface area (Å²) in [6.07, 6.45) is 9.90. The number of carbonyl (C=O) groups is 1. The lowest BCUT2D eigenvalue weighted by molar-refractivity contribution is -0.128. The minimum atomic E-state index is -0.864. The number of aliphatic hydroxyl groups excluding tert-OH is 1. The quantitative estimate of drug-likeness (QED) is 0.386. The molecule has 1 amide bonds. The van der Waals surface area contributed by atoms with Crippen LogP contribution in [0.3, 0.4) is 0 Å². The van der Waals surface area contributed by atoms with Gasteiger partial charge in [-0.3, -0.25) is 4.79 Å². The van der Waals surface area contributed by atoms with Gasteiger partial charge in [-0.1, -0.05) is 39.3 Å². The maximum Gasteiger partial charge on any atom is 0.223 e. The lowest BCUT2D eigenvalue weighted by atomic mass is 9.80. The van der Waals surface area contributed by atoms with Crippen LogP contribution in [0.2, 0.25) is 0 Å². The minimum Gasteiger partial charge on any atom is -0.385 e. The SMILES string of the molecule is CC.CCC[C@H](C(=O)NC[C@H](O)C1=CC=C(F)CN1)C1(CCc2cccc3[nH]ccc23)CC1.[HH]. The molecule has 1 aromatic carbocycles. The van der Waals surface area contributed by atoms with E-state index in [1.165, 1.54) is 23.1 Å². The summed E-state index contributed by atoms with van der Waals surface area (Å²) in [4.78, 5) is 16.4. The van der Waals surface area contributed by atoms with Gasteiger partial charge in [0.2, 0.25) is 5.91 Å². The molecule has 0 spiro atoms. The Morgan fingerprint density at radius 1 is 1.27 bits per heavy atom. The number of aromatic nitrogens is 1. The van der Waals surface area contributed by atoms with Gasteiger partial charge in [0.25, 0.3) is 0 Å². The monoisotopic (exact) mass is 457 g/mol. The number of amides is 1. The third-order valence-corrected chi connectivity index (χ3v) is 6.84. The van der Waals surface area contributed by atoms with Crippen molar-refractivity contribution in [1.82, 2.24) is 15.6 Å². The molecule has 1 fully saturated rings. The summed E-state index contributed by atoms with van der Waals surface area (Å²) in [5.74, 6) is -0.286. The highest BCUT2D eigenvalue weighted by molar-refractivity contribution is 5.83. The number of fused-ring (bicyclic) bond motifs is 1. The fraction of sp³-hybridized carbons (Fsp3) is 0.519. The van der Waals surface area contributed by atoms with E-state index in [1.54, 1.807) is 0 Å². The van der Waals surface area contributed by atoms with Crippen molar-refractivity contribution in [2.24, 2.45) is 11.3 Å². The average molecular weight is 458 g/mol. The van der Waals surface area contributed by atoms with Crippen molar-refractivity contribution in [1.29, 1.82) is 0 Å². The summed E-state index contributed by atoms with van der Waals surface area (Å²) in [7, 11) is 0. The zero-order valence-corrected chi connectivity index (χ0v) is 20.1. The number of aliphatic hydroxyl groups is 1. The Morgan fingerprint density at radius 3 is 2.73 bits per heavy atom. The van der Waals surface area contributed by atoms with Crippen LogP contribution in [-0.4, -0.2) is 35.2 Å². The van der Waals surface area contributed by atoms with Crippen molar-refractivity contribution in [2.75, 3.05) is 13.1 Å². The van der Waals surface area contributed by atoms with Crippen LogP contribution in [0.5, 0.6) is 0 Å². The van der Waals surface area contributed by atoms with E-state index in [0.29, 0.717) is 5.70 Å². The van der Waals surface area contributed by atoms with Gasteiger partial charge >= 0.3 is 0 Å². The predicted molar refractivity (Wildman–Crippen MR) is 134 cm³/mol. The molecule has 0 unspecified atom stereocenters. The van der Waals surface area contributed by atoms with E-state index in [0.717, 1.165) is 44.0 Å². The van der Waals surface area contributed by atoms with E-state index in [2.05, 4.69) is 46.8 Å². The standard InChI is InChI=1S/C25H32FN3O2.C2H6.H2/c1-2-4-20(24(31)29-16-23(30)22-8-7-18(26)15-28-22)25(12-13-25)11-9-17-5-3-6-21-19(17)10-14-27-21;1-2;/h3,5-8,10,14,20,23,27-28,30H,2,4,9,11-13,15-16H2,1H3,(H,29,31);1-2H3;1H/t20-,23+;;/m1../s1. The molecule has 0 radical (unpaired) electrons. The summed E-state index contributed by atoms with van der Waals surface area (Å²) in [6, 6.07) is 8.47. The van der Waals surface area contributed by atoms with E-state index >= 15 is 0 Å². The first-order valence-electron chi connectivity index (χ1n) is 12.3. The highest BCUT2D eigenvalue weighted by Gasteiger charge is 2.51. The third kappa shape index (κ3) is 6.05. The number of hydrogen-bond acceptors (Lipinski definition) is 3. The first-order valence-corrected chi connectivity index (χ1v) is 12.3. The van der Waals surface area contributed by atoms with Gasteiger partial charge in [-0.15, -0.1) is 0 Å². The van der Waals surface area contributed by atoms with Gasteiger partial charge in [-0.25, -0.2) is 4.39 Å². The number of halogens is 1. The second-order valence-electron chi connectivity index (χ2n) is 8.91. The number of hydrogen-bond donors (Lipinski definition) is 4. The molecule has 4 N–H and O–H groups in total. The molecule has 2 aromatic rings. The van der Waals surface area contributed by atoms with Gasteiger partial charge in [0.15, 0.2) is 0 Å². The third-order valence-electron chi connectivity index (χ3n) is 6.84. The molecule has 33 heavy (non-hydrogen) atoms. The lowest BCUT2D eigenvalue weighted by Gasteiger charge is -2.27. The Hall–Kier alpha value is -2.60. The smallest absolute Gasteiger partial charge is 0.223 e. The van der Waals surface area contributed by atoms with Gasteiger partial charge in [0.1, 0.15) is 11.9 Å². The summed E-state index contributed by atoms with van der Waals surface area (Å²) in [5.41, 5.74) is 3.07. The molecular formula is C27H40FN3O2. The molecule has 182 valence electrons. The van der Waals surface area contributed by atoms with Crippen molar-refractivity contribution in [3.8, 4) is 0 Å². The average Bonchev–Trinajstić information content (AvgIpc) is 3.46. The first kappa shape index (κ1) is 25.0. The molecule has 2 heterocycles. The Labute approximate surface area is 198 Å². The van der Waals surface area contributed by atoms with Crippen molar-refractivity contribution in [2.45, 2.75) is 65.4 Å². The number of rotatable bonds is 10. The van der Waals surface area contributed by atoms with Crippen LogP contribution in [0.4, 0.5) is 4.39 Å². The summed E-state index contributed by atoms with van der Waals surface area (Å²) >= 11 is 0. The summed E-state index contributed by atoms with van der Waals surface area (Å²) in [5, 5.41) is 17.4. The van der Waals surface area contributed by atoms with Gasteiger partial charge < -0.3 is 20.7 Å². The number of aryl methyl sites for hydroxylation is 1. The van der Waals surface area contributed by atoms with Gasteiger partial charge in [-0.2, -0.15) is 0 Å². The molecule has 2 aliphatic rings. The number of carbonyl (C=O) groups excluding carboxylic acids is 1. The summed E-state index contributed by atoms with van der Waals surface area (Å²) < 4.78 is 13.1. The minimum absolute atomic E-state index is 0. The molecule has 0 bridgehead atoms. The largest absolute Gasteiger partial charge is 0.385 e. The molecule has 1 aliphatic heterocycles. The van der Waals surface area contributed by atoms with Crippen LogP contribution >= 0.6 is 0 Å². The Morgan fingerprint density at radius 2 is 2.06 bits per heavy atom. The second kappa shape index (κ2) is 11.5. The van der Waals surface area contributed by atoms with Gasteiger partial charge in [0, 0.05) is 36.7 Å². The number of nitrogens with one attached hydrogen (secondary N) is 3. The maximum atomic E-state index is 13.1. The molecular weight excluding hydrogens is 417 g/mol. The number of dihydropyridines is 1. The number of aromatic amines is 1. The van der Waals surface area contributed by atoms with E-state index in [-0.39, 0.29) is 37.6 Å². The first-order chi connectivity index (χ1) is 16.0. The van der Waals surface area contributed by atoms with Crippen LogP contribution in [0.15, 0.2) is 54.1 Å². The summed E-state index contributed by atoms with van der Waals surface area (Å²) in [6.45, 7) is 6.32. The fourth-order valence-electron chi connectivity index (χ4n) is 4.83. The van der Waals surface area contributed by atoms with E-state index < -0.39 is 6.10 Å². The maximum absolute atomic E-state index is 13.1. The second-order valence-corrected chi connectivity index (χ2v) is 8.91. The van der Waals surface area contributed by atoms with Crippen LogP contribution in [0, 0.1) is 11.3 Å². The molecule has 1 aliphatic carbocycles. The molecule has 1 saturated carbocycles. The molecule has 6 heteroatoms. The number of benzene rings is 1. The van der Waals surface area contributed by atoms with Crippen molar-refractivity contribution in [3.05, 3.63) is 59.7 Å². The normalized spacial score (nSPS) is 18.2. The topological polar surface area (TPSA) is 77.2 Å². The van der Waals surface area contributed by atoms with Crippen molar-refractivity contribution in [3.63, 3.8) is 0 Å². The van der Waals surface area contributed by atoms with Crippen LogP contribution < -0.4 is 10.6 Å². The predicted octanol–water partition coefficient (Wildman–Crippen LogP) is 5.39. The van der Waals surface area contributed by atoms with Crippen LogP contribution in [0.1, 0.15) is 59.9 Å². The Kier molecular flexibility index (Phi) is 8.73. The molecule has 0 saturated heterocycles. The van der Waals surface area contributed by atoms with Crippen molar-refractivity contribution < 1.29 is 15.7 Å². The van der Waals surface area contributed by atoms with Crippen LogP contribution in [0.25, 0.3) is 10.9 Å². The Bertz CT molecular complexity index is 997. The molecule has 1 aromatic heterocycles. The van der Waals surface area contributed by atoms with Crippen molar-refractivity contribution >= 4 is 16.8 Å². The van der Waals surface area contributed by atoms with Gasteiger partial charge in [0.05, 0.1) is 6.54 Å². The van der Waals surface area contributed by atoms with Crippen LogP contribution in [-0.2, 0) is 11.2 Å². The van der Waals surface area contributed by atoms with E-state index in [1.807, 2.05) is 20.0 Å². The van der Waals surface area contributed by atoms with E-state index in [9.17, 15) is 14.3 Å². The van der Waals surface area contributed by atoms with Gasteiger partial charge in [-0.05, 0) is 67.4 Å². The molecule has 4 rings (SSSR count). The lowest BCUT2D eigenvalue weighted by Crippen LogP contribution is -2.42. The molecule has 2 atom stereocenters. The van der Waals surface area contributed by atoms with E-state index in [4.69, 9.17) is 0 Å². The Balaban J connectivity index is 0.00000133. The number of allylic oxidation sites excluding steroid dienone is 2. The highest BCUT2D eigenvalue weighted by Crippen LogP contribution is 2.57. The zero-order chi connectivity index (χ0) is 23.8. The molecule has 5 nitrogen and oxygen atoms in total.